The Bertz CT molecular complexity index is 539. The third-order valence-corrected chi connectivity index (χ3v) is 3.20. The first kappa shape index (κ1) is 11.1. The van der Waals surface area contributed by atoms with Crippen LogP contribution < -0.4 is 10.1 Å². The number of nitrogens with one attached hydrogen (secondary N) is 1. The molecule has 2 aromatic rings. The normalized spacial score (nSPS) is 14.7. The van der Waals surface area contributed by atoms with Crippen LogP contribution in [0.5, 0.6) is 5.75 Å². The number of ether oxygens (including phenoxy) is 1. The number of aromatic nitrogens is 1. The van der Waals surface area contributed by atoms with E-state index >= 15 is 0 Å². The van der Waals surface area contributed by atoms with Gasteiger partial charge in [0.05, 0.1) is 18.3 Å². The summed E-state index contributed by atoms with van der Waals surface area (Å²) in [6.45, 7) is 2.92. The minimum absolute atomic E-state index is 0.201. The van der Waals surface area contributed by atoms with E-state index in [4.69, 9.17) is 4.74 Å². The third kappa shape index (κ3) is 2.16. The standard InChI is InChI=1S/C15H16N2O/c1-11(14-4-2-3-8-16-14)17-13-5-6-15-12(10-13)7-9-18-15/h2-6,8,10-11,17H,7,9H2,1H3. The number of anilines is 1. The van der Waals surface area contributed by atoms with Crippen LogP contribution in [0.3, 0.4) is 0 Å². The lowest BCUT2D eigenvalue weighted by atomic mass is 10.1. The molecule has 3 rings (SSSR count). The Labute approximate surface area is 107 Å². The van der Waals surface area contributed by atoms with Crippen molar-refractivity contribution in [1.82, 2.24) is 4.98 Å². The molecule has 0 saturated heterocycles. The zero-order valence-corrected chi connectivity index (χ0v) is 10.4. The van der Waals surface area contributed by atoms with Gasteiger partial charge in [0.15, 0.2) is 0 Å². The number of rotatable bonds is 3. The van der Waals surface area contributed by atoms with Gasteiger partial charge in [0.1, 0.15) is 5.75 Å². The first-order chi connectivity index (χ1) is 8.83. The average Bonchev–Trinajstić information content (AvgIpc) is 2.87. The fourth-order valence-electron chi connectivity index (χ4n) is 2.23. The van der Waals surface area contributed by atoms with Crippen molar-refractivity contribution in [2.24, 2.45) is 0 Å². The Kier molecular flexibility index (Phi) is 2.89. The summed E-state index contributed by atoms with van der Waals surface area (Å²) in [4.78, 5) is 4.36. The monoisotopic (exact) mass is 240 g/mol. The lowest BCUT2D eigenvalue weighted by Crippen LogP contribution is -2.08. The molecule has 0 amide bonds. The van der Waals surface area contributed by atoms with Gasteiger partial charge in [-0.1, -0.05) is 6.07 Å². The molecular formula is C15H16N2O. The molecule has 0 fully saturated rings. The predicted molar refractivity (Wildman–Crippen MR) is 71.9 cm³/mol. The smallest absolute Gasteiger partial charge is 0.122 e. The van der Waals surface area contributed by atoms with Crippen LogP contribution in [0, 0.1) is 0 Å². The molecule has 0 bridgehead atoms. The Morgan fingerprint density at radius 1 is 1.28 bits per heavy atom. The van der Waals surface area contributed by atoms with Crippen LogP contribution in [0.4, 0.5) is 5.69 Å². The topological polar surface area (TPSA) is 34.1 Å². The molecule has 1 aliphatic rings. The SMILES string of the molecule is CC(Nc1ccc2c(c1)CCO2)c1ccccn1. The fraction of sp³-hybridized carbons (Fsp3) is 0.267. The molecule has 1 unspecified atom stereocenters. The quantitative estimate of drug-likeness (QED) is 0.894. The molecule has 1 N–H and O–H groups in total. The second kappa shape index (κ2) is 4.69. The van der Waals surface area contributed by atoms with Crippen molar-refractivity contribution in [2.45, 2.75) is 19.4 Å². The van der Waals surface area contributed by atoms with Gasteiger partial charge in [0, 0.05) is 18.3 Å². The Hall–Kier alpha value is -2.03. The zero-order valence-electron chi connectivity index (χ0n) is 10.4. The summed E-state index contributed by atoms with van der Waals surface area (Å²) in [7, 11) is 0. The maximum absolute atomic E-state index is 5.50. The fourth-order valence-corrected chi connectivity index (χ4v) is 2.23. The van der Waals surface area contributed by atoms with Crippen molar-refractivity contribution < 1.29 is 4.74 Å². The molecule has 3 heteroatoms. The minimum atomic E-state index is 0.201. The molecule has 2 heterocycles. The van der Waals surface area contributed by atoms with Crippen LogP contribution in [-0.2, 0) is 6.42 Å². The van der Waals surface area contributed by atoms with E-state index in [1.54, 1.807) is 0 Å². The van der Waals surface area contributed by atoms with E-state index in [9.17, 15) is 0 Å². The molecule has 92 valence electrons. The summed E-state index contributed by atoms with van der Waals surface area (Å²) in [5.74, 6) is 1.02. The van der Waals surface area contributed by atoms with E-state index < -0.39 is 0 Å². The van der Waals surface area contributed by atoms with Gasteiger partial charge in [-0.15, -0.1) is 0 Å². The van der Waals surface area contributed by atoms with Crippen molar-refractivity contribution in [3.8, 4) is 5.75 Å². The van der Waals surface area contributed by atoms with E-state index in [2.05, 4.69) is 29.4 Å². The summed E-state index contributed by atoms with van der Waals surface area (Å²) in [6, 6.07) is 12.4. The first-order valence-corrected chi connectivity index (χ1v) is 6.26. The van der Waals surface area contributed by atoms with E-state index in [0.29, 0.717) is 0 Å². The van der Waals surface area contributed by atoms with E-state index in [1.807, 2.05) is 30.5 Å². The van der Waals surface area contributed by atoms with Crippen molar-refractivity contribution in [3.05, 3.63) is 53.9 Å². The Morgan fingerprint density at radius 3 is 3.06 bits per heavy atom. The first-order valence-electron chi connectivity index (χ1n) is 6.26. The van der Waals surface area contributed by atoms with Crippen molar-refractivity contribution >= 4 is 5.69 Å². The summed E-state index contributed by atoms with van der Waals surface area (Å²) in [5.41, 5.74) is 3.46. The molecule has 0 aliphatic carbocycles. The van der Waals surface area contributed by atoms with Gasteiger partial charge in [0.2, 0.25) is 0 Å². The summed E-state index contributed by atoms with van der Waals surface area (Å²) < 4.78 is 5.50. The third-order valence-electron chi connectivity index (χ3n) is 3.20. The maximum atomic E-state index is 5.50. The van der Waals surface area contributed by atoms with Gasteiger partial charge in [-0.05, 0) is 42.8 Å². The molecule has 0 radical (unpaired) electrons. The molecule has 0 saturated carbocycles. The van der Waals surface area contributed by atoms with Gasteiger partial charge in [0.25, 0.3) is 0 Å². The molecule has 3 nitrogen and oxygen atoms in total. The lowest BCUT2D eigenvalue weighted by Gasteiger charge is -2.15. The number of pyridine rings is 1. The van der Waals surface area contributed by atoms with Gasteiger partial charge in [-0.2, -0.15) is 0 Å². The van der Waals surface area contributed by atoms with Gasteiger partial charge < -0.3 is 10.1 Å². The second-order valence-corrected chi connectivity index (χ2v) is 4.54. The highest BCUT2D eigenvalue weighted by atomic mass is 16.5. The number of nitrogens with zero attached hydrogens (tertiary/aromatic N) is 1. The van der Waals surface area contributed by atoms with Gasteiger partial charge >= 0.3 is 0 Å². The van der Waals surface area contributed by atoms with Crippen LogP contribution in [0.2, 0.25) is 0 Å². The molecule has 1 atom stereocenters. The highest BCUT2D eigenvalue weighted by Gasteiger charge is 2.13. The molecule has 0 spiro atoms. The number of hydrogen-bond acceptors (Lipinski definition) is 3. The Balaban J connectivity index is 1.77. The van der Waals surface area contributed by atoms with Crippen molar-refractivity contribution in [3.63, 3.8) is 0 Å². The molecule has 1 aromatic heterocycles. The van der Waals surface area contributed by atoms with Crippen LogP contribution in [0.1, 0.15) is 24.2 Å². The molecule has 1 aromatic carbocycles. The van der Waals surface area contributed by atoms with Crippen LogP contribution in [-0.4, -0.2) is 11.6 Å². The second-order valence-electron chi connectivity index (χ2n) is 4.54. The average molecular weight is 240 g/mol. The molecule has 1 aliphatic heterocycles. The summed E-state index contributed by atoms with van der Waals surface area (Å²) in [5, 5.41) is 3.47. The van der Waals surface area contributed by atoms with E-state index in [-0.39, 0.29) is 6.04 Å². The maximum Gasteiger partial charge on any atom is 0.122 e. The largest absolute Gasteiger partial charge is 0.493 e. The van der Waals surface area contributed by atoms with Crippen LogP contribution in [0.15, 0.2) is 42.6 Å². The number of fused-ring (bicyclic) bond motifs is 1. The Morgan fingerprint density at radius 2 is 2.22 bits per heavy atom. The minimum Gasteiger partial charge on any atom is -0.493 e. The molecular weight excluding hydrogens is 224 g/mol. The van der Waals surface area contributed by atoms with Gasteiger partial charge in [-0.25, -0.2) is 0 Å². The highest BCUT2D eigenvalue weighted by molar-refractivity contribution is 5.53. The molecule has 18 heavy (non-hydrogen) atoms. The van der Waals surface area contributed by atoms with E-state index in [0.717, 1.165) is 30.2 Å². The van der Waals surface area contributed by atoms with Crippen LogP contribution >= 0.6 is 0 Å². The van der Waals surface area contributed by atoms with Crippen molar-refractivity contribution in [2.75, 3.05) is 11.9 Å². The summed E-state index contributed by atoms with van der Waals surface area (Å²) in [6.07, 6.45) is 2.83. The number of benzene rings is 1. The van der Waals surface area contributed by atoms with Crippen molar-refractivity contribution in [1.29, 1.82) is 0 Å². The zero-order chi connectivity index (χ0) is 12.4. The number of hydrogen-bond donors (Lipinski definition) is 1. The van der Waals surface area contributed by atoms with Gasteiger partial charge in [-0.3, -0.25) is 4.98 Å². The highest BCUT2D eigenvalue weighted by Crippen LogP contribution is 2.29. The van der Waals surface area contributed by atoms with Crippen LogP contribution in [0.25, 0.3) is 0 Å². The predicted octanol–water partition coefficient (Wildman–Crippen LogP) is 3.19. The summed E-state index contributed by atoms with van der Waals surface area (Å²) >= 11 is 0. The van der Waals surface area contributed by atoms with E-state index in [1.165, 1.54) is 5.56 Å². The lowest BCUT2D eigenvalue weighted by molar-refractivity contribution is 0.357.